The van der Waals surface area contributed by atoms with Crippen molar-refractivity contribution in [2.45, 2.75) is 24.5 Å². The second kappa shape index (κ2) is 6.04. The molecule has 1 heterocycles. The van der Waals surface area contributed by atoms with Gasteiger partial charge in [-0.25, -0.2) is 8.42 Å². The van der Waals surface area contributed by atoms with Crippen LogP contribution in [0, 0.1) is 5.92 Å². The van der Waals surface area contributed by atoms with Crippen molar-refractivity contribution in [3.05, 3.63) is 17.0 Å². The first-order valence-corrected chi connectivity index (χ1v) is 8.60. The molecular formula is C11H16ClNO3S2. The van der Waals surface area contributed by atoms with Crippen molar-refractivity contribution in [1.29, 1.82) is 0 Å². The summed E-state index contributed by atoms with van der Waals surface area (Å²) in [6, 6.07) is 3.05. The first-order chi connectivity index (χ1) is 8.20. The molecule has 4 nitrogen and oxygen atoms in total. The van der Waals surface area contributed by atoms with Crippen LogP contribution in [0.2, 0.25) is 0 Å². The first-order valence-electron chi connectivity index (χ1n) is 5.47. The van der Waals surface area contributed by atoms with Crippen molar-refractivity contribution in [1.82, 2.24) is 4.90 Å². The molecule has 0 bridgehead atoms. The Labute approximate surface area is 116 Å². The minimum Gasteiger partial charge on any atom is -0.345 e. The van der Waals surface area contributed by atoms with Crippen LogP contribution < -0.4 is 0 Å². The third kappa shape index (κ3) is 4.59. The standard InChI is InChI=1S/C11H16ClNO3S2/c1-8(2)7-13(3)10(14)6-9-4-5-11(17-9)18(12,15)16/h4-5,8H,6-7H2,1-3H3. The summed E-state index contributed by atoms with van der Waals surface area (Å²) in [6.45, 7) is 4.76. The Morgan fingerprint density at radius 2 is 2.06 bits per heavy atom. The number of likely N-dealkylation sites (N-methyl/N-ethyl adjacent to an activating group) is 1. The molecule has 1 aromatic heterocycles. The average molecular weight is 310 g/mol. The SMILES string of the molecule is CC(C)CN(C)C(=O)Cc1ccc(S(=O)(=O)Cl)s1. The van der Waals surface area contributed by atoms with E-state index in [-0.39, 0.29) is 16.5 Å². The Bertz CT molecular complexity index is 522. The molecule has 102 valence electrons. The van der Waals surface area contributed by atoms with Crippen LogP contribution in [0.3, 0.4) is 0 Å². The van der Waals surface area contributed by atoms with Crippen LogP contribution in [0.1, 0.15) is 18.7 Å². The molecule has 0 atom stereocenters. The molecule has 0 radical (unpaired) electrons. The highest BCUT2D eigenvalue weighted by Gasteiger charge is 2.16. The van der Waals surface area contributed by atoms with E-state index in [4.69, 9.17) is 10.7 Å². The lowest BCUT2D eigenvalue weighted by molar-refractivity contribution is -0.129. The fraction of sp³-hybridized carbons (Fsp3) is 0.545. The van der Waals surface area contributed by atoms with Gasteiger partial charge < -0.3 is 4.90 Å². The maximum absolute atomic E-state index is 11.9. The predicted molar refractivity (Wildman–Crippen MR) is 73.5 cm³/mol. The van der Waals surface area contributed by atoms with Crippen LogP contribution in [-0.2, 0) is 20.3 Å². The van der Waals surface area contributed by atoms with E-state index in [0.29, 0.717) is 17.3 Å². The summed E-state index contributed by atoms with van der Waals surface area (Å²) < 4.78 is 22.3. The lowest BCUT2D eigenvalue weighted by Gasteiger charge is -2.18. The minimum absolute atomic E-state index is 0.0240. The Hall–Kier alpha value is -0.590. The molecule has 0 fully saturated rings. The largest absolute Gasteiger partial charge is 0.345 e. The molecule has 0 N–H and O–H groups in total. The van der Waals surface area contributed by atoms with Crippen molar-refractivity contribution in [2.24, 2.45) is 5.92 Å². The maximum Gasteiger partial charge on any atom is 0.270 e. The van der Waals surface area contributed by atoms with Gasteiger partial charge in [0.15, 0.2) is 0 Å². The summed E-state index contributed by atoms with van der Waals surface area (Å²) in [7, 11) is 3.28. The molecule has 18 heavy (non-hydrogen) atoms. The van der Waals surface area contributed by atoms with Gasteiger partial charge in [0.25, 0.3) is 9.05 Å². The molecular weight excluding hydrogens is 294 g/mol. The van der Waals surface area contributed by atoms with Gasteiger partial charge in [-0.15, -0.1) is 11.3 Å². The van der Waals surface area contributed by atoms with Crippen molar-refractivity contribution in [2.75, 3.05) is 13.6 Å². The van der Waals surface area contributed by atoms with Crippen LogP contribution in [0.5, 0.6) is 0 Å². The summed E-state index contributed by atoms with van der Waals surface area (Å²) in [6.07, 6.45) is 0.209. The molecule has 1 rings (SSSR count). The number of hydrogen-bond acceptors (Lipinski definition) is 4. The van der Waals surface area contributed by atoms with Crippen molar-refractivity contribution in [3.63, 3.8) is 0 Å². The molecule has 0 aliphatic rings. The topological polar surface area (TPSA) is 54.5 Å². The van der Waals surface area contributed by atoms with Gasteiger partial charge in [0, 0.05) is 29.2 Å². The normalized spacial score (nSPS) is 11.8. The number of carbonyl (C=O) groups is 1. The van der Waals surface area contributed by atoms with Crippen LogP contribution in [-0.4, -0.2) is 32.8 Å². The number of hydrogen-bond donors (Lipinski definition) is 0. The average Bonchev–Trinajstić information content (AvgIpc) is 2.64. The highest BCUT2D eigenvalue weighted by molar-refractivity contribution is 8.15. The molecule has 0 aliphatic carbocycles. The molecule has 1 amide bonds. The lowest BCUT2D eigenvalue weighted by atomic mass is 10.2. The van der Waals surface area contributed by atoms with Crippen molar-refractivity contribution >= 4 is 37.0 Å². The smallest absolute Gasteiger partial charge is 0.270 e. The number of carbonyl (C=O) groups excluding carboxylic acids is 1. The van der Waals surface area contributed by atoms with Gasteiger partial charge in [-0.2, -0.15) is 0 Å². The monoisotopic (exact) mass is 309 g/mol. The van der Waals surface area contributed by atoms with Crippen molar-refractivity contribution in [3.8, 4) is 0 Å². The summed E-state index contributed by atoms with van der Waals surface area (Å²) in [5, 5.41) is 0. The molecule has 0 saturated heterocycles. The molecule has 1 aromatic rings. The molecule has 0 spiro atoms. The summed E-state index contributed by atoms with van der Waals surface area (Å²) in [5.41, 5.74) is 0. The van der Waals surface area contributed by atoms with Gasteiger partial charge in [-0.1, -0.05) is 13.8 Å². The maximum atomic E-state index is 11.9. The van der Waals surface area contributed by atoms with Gasteiger partial charge in [0.1, 0.15) is 4.21 Å². The first kappa shape index (κ1) is 15.5. The van der Waals surface area contributed by atoms with E-state index in [1.807, 2.05) is 13.8 Å². The van der Waals surface area contributed by atoms with Gasteiger partial charge in [-0.3, -0.25) is 4.79 Å². The van der Waals surface area contributed by atoms with E-state index in [2.05, 4.69) is 0 Å². The number of nitrogens with zero attached hydrogens (tertiary/aromatic N) is 1. The number of halogens is 1. The molecule has 0 aliphatic heterocycles. The van der Waals surface area contributed by atoms with Crippen LogP contribution >= 0.6 is 22.0 Å². The summed E-state index contributed by atoms with van der Waals surface area (Å²) in [4.78, 5) is 14.2. The van der Waals surface area contributed by atoms with E-state index in [9.17, 15) is 13.2 Å². The predicted octanol–water partition coefficient (Wildman–Crippen LogP) is 2.33. The molecule has 0 saturated carbocycles. The number of thiophene rings is 1. The Kier molecular flexibility index (Phi) is 5.19. The van der Waals surface area contributed by atoms with Crippen LogP contribution in [0.4, 0.5) is 0 Å². The Balaban J connectivity index is 2.68. The van der Waals surface area contributed by atoms with Crippen molar-refractivity contribution < 1.29 is 13.2 Å². The minimum atomic E-state index is -3.69. The van der Waals surface area contributed by atoms with E-state index >= 15 is 0 Å². The van der Waals surface area contributed by atoms with Gasteiger partial charge in [0.05, 0.1) is 6.42 Å². The quantitative estimate of drug-likeness (QED) is 0.784. The highest BCUT2D eigenvalue weighted by Crippen LogP contribution is 2.25. The highest BCUT2D eigenvalue weighted by atomic mass is 35.7. The van der Waals surface area contributed by atoms with Crippen LogP contribution in [0.25, 0.3) is 0 Å². The molecule has 0 aromatic carbocycles. The second-order valence-electron chi connectivity index (χ2n) is 4.50. The number of rotatable bonds is 5. The zero-order valence-electron chi connectivity index (χ0n) is 10.5. The van der Waals surface area contributed by atoms with Crippen LogP contribution in [0.15, 0.2) is 16.3 Å². The lowest BCUT2D eigenvalue weighted by Crippen LogP contribution is -2.31. The third-order valence-electron chi connectivity index (χ3n) is 2.27. The fourth-order valence-corrected chi connectivity index (χ4v) is 3.63. The Morgan fingerprint density at radius 3 is 2.50 bits per heavy atom. The molecule has 7 heteroatoms. The van der Waals surface area contributed by atoms with E-state index in [1.54, 1.807) is 18.0 Å². The van der Waals surface area contributed by atoms with Gasteiger partial charge in [-0.05, 0) is 18.1 Å². The zero-order valence-corrected chi connectivity index (χ0v) is 12.9. The Morgan fingerprint density at radius 1 is 1.44 bits per heavy atom. The van der Waals surface area contributed by atoms with Gasteiger partial charge >= 0.3 is 0 Å². The van der Waals surface area contributed by atoms with Gasteiger partial charge in [0.2, 0.25) is 5.91 Å². The summed E-state index contributed by atoms with van der Waals surface area (Å²) >= 11 is 1.04. The van der Waals surface area contributed by atoms with E-state index < -0.39 is 9.05 Å². The van der Waals surface area contributed by atoms with E-state index in [1.165, 1.54) is 6.07 Å². The second-order valence-corrected chi connectivity index (χ2v) is 8.46. The van der Waals surface area contributed by atoms with E-state index in [0.717, 1.165) is 11.3 Å². The third-order valence-corrected chi connectivity index (χ3v) is 5.45. The fourth-order valence-electron chi connectivity index (χ4n) is 1.52. The zero-order chi connectivity index (χ0) is 13.9. The molecule has 0 unspecified atom stereocenters. The number of amides is 1. The summed E-state index contributed by atoms with van der Waals surface area (Å²) in [5.74, 6) is 0.380.